The van der Waals surface area contributed by atoms with Crippen molar-refractivity contribution in [3.8, 4) is 0 Å². The van der Waals surface area contributed by atoms with Gasteiger partial charge in [0.1, 0.15) is 12.3 Å². The van der Waals surface area contributed by atoms with E-state index >= 15 is 0 Å². The van der Waals surface area contributed by atoms with Gasteiger partial charge in [0.15, 0.2) is 0 Å². The van der Waals surface area contributed by atoms with E-state index in [2.05, 4.69) is 0 Å². The molecule has 0 spiro atoms. The van der Waals surface area contributed by atoms with Crippen LogP contribution in [0.4, 0.5) is 4.39 Å². The van der Waals surface area contributed by atoms with Crippen molar-refractivity contribution in [3.05, 3.63) is 0 Å². The van der Waals surface area contributed by atoms with Crippen LogP contribution in [0.1, 0.15) is 70.6 Å². The first-order valence-electron chi connectivity index (χ1n) is 9.54. The third kappa shape index (κ3) is 4.26. The Kier molecular flexibility index (Phi) is 5.95. The number of ether oxygens (including phenoxy) is 2. The second-order valence-electron chi connectivity index (χ2n) is 7.82. The summed E-state index contributed by atoms with van der Waals surface area (Å²) >= 11 is 0. The van der Waals surface area contributed by atoms with Crippen LogP contribution in [0.15, 0.2) is 0 Å². The topological polar surface area (TPSA) is 35.5 Å². The largest absolute Gasteiger partial charge is 0.459 e. The first-order valence-corrected chi connectivity index (χ1v) is 9.54. The van der Waals surface area contributed by atoms with Crippen LogP contribution in [0.2, 0.25) is 0 Å². The van der Waals surface area contributed by atoms with Gasteiger partial charge in [-0.15, -0.1) is 0 Å². The van der Waals surface area contributed by atoms with Gasteiger partial charge in [0.2, 0.25) is 0 Å². The van der Waals surface area contributed by atoms with Crippen molar-refractivity contribution in [1.82, 2.24) is 0 Å². The first kappa shape index (κ1) is 17.2. The quantitative estimate of drug-likeness (QED) is 0.717. The summed E-state index contributed by atoms with van der Waals surface area (Å²) in [6.07, 6.45) is 9.76. The molecule has 0 heterocycles. The first-order chi connectivity index (χ1) is 11.2. The van der Waals surface area contributed by atoms with Crippen molar-refractivity contribution in [2.45, 2.75) is 89.0 Å². The zero-order valence-electron chi connectivity index (χ0n) is 14.3. The van der Waals surface area contributed by atoms with E-state index < -0.39 is 12.3 Å². The molecule has 3 nitrogen and oxygen atoms in total. The van der Waals surface area contributed by atoms with E-state index in [1.54, 1.807) is 7.11 Å². The standard InChI is InChI=1S/C19H31FO3/c1-22-16-10-11-18(17(20)12-16)23-19(21)15-8-6-14(7-9-15)13-4-2-3-5-13/h13-18H,2-12H2,1H3. The summed E-state index contributed by atoms with van der Waals surface area (Å²) in [5, 5.41) is 0. The lowest BCUT2D eigenvalue weighted by atomic mass is 9.75. The van der Waals surface area contributed by atoms with Crippen molar-refractivity contribution in [2.75, 3.05) is 7.11 Å². The molecule has 3 unspecified atom stereocenters. The van der Waals surface area contributed by atoms with E-state index in [0.717, 1.165) is 43.9 Å². The normalized spacial score (nSPS) is 39.3. The predicted molar refractivity (Wildman–Crippen MR) is 86.8 cm³/mol. The maximum Gasteiger partial charge on any atom is 0.309 e. The molecule has 132 valence electrons. The van der Waals surface area contributed by atoms with Crippen LogP contribution in [0, 0.1) is 17.8 Å². The Labute approximate surface area is 139 Å². The molecule has 0 amide bonds. The summed E-state index contributed by atoms with van der Waals surface area (Å²) in [5.41, 5.74) is 0. The van der Waals surface area contributed by atoms with E-state index in [4.69, 9.17) is 9.47 Å². The molecular formula is C19H31FO3. The van der Waals surface area contributed by atoms with Crippen molar-refractivity contribution in [2.24, 2.45) is 17.8 Å². The molecule has 3 atom stereocenters. The third-order valence-corrected chi connectivity index (χ3v) is 6.44. The van der Waals surface area contributed by atoms with E-state index in [-0.39, 0.29) is 18.0 Å². The van der Waals surface area contributed by atoms with Crippen LogP contribution in [0.5, 0.6) is 0 Å². The molecule has 0 N–H and O–H groups in total. The van der Waals surface area contributed by atoms with Crippen LogP contribution in [-0.4, -0.2) is 31.5 Å². The Hall–Kier alpha value is -0.640. The molecule has 3 aliphatic carbocycles. The Morgan fingerprint density at radius 1 is 0.913 bits per heavy atom. The Morgan fingerprint density at radius 3 is 2.17 bits per heavy atom. The molecule has 0 aliphatic heterocycles. The predicted octanol–water partition coefficient (Wildman–Crippen LogP) is 4.43. The molecule has 0 radical (unpaired) electrons. The fourth-order valence-corrected chi connectivity index (χ4v) is 4.90. The second-order valence-corrected chi connectivity index (χ2v) is 7.82. The molecule has 23 heavy (non-hydrogen) atoms. The highest BCUT2D eigenvalue weighted by Crippen LogP contribution is 2.41. The molecule has 0 aromatic carbocycles. The minimum absolute atomic E-state index is 0.00000155. The number of carbonyl (C=O) groups is 1. The molecule has 0 saturated heterocycles. The third-order valence-electron chi connectivity index (χ3n) is 6.44. The van der Waals surface area contributed by atoms with Crippen LogP contribution < -0.4 is 0 Å². The highest BCUT2D eigenvalue weighted by atomic mass is 19.1. The molecule has 0 aromatic heterocycles. The van der Waals surface area contributed by atoms with Gasteiger partial charge < -0.3 is 9.47 Å². The number of methoxy groups -OCH3 is 1. The summed E-state index contributed by atoms with van der Waals surface area (Å²) in [6, 6.07) is 0. The number of hydrogen-bond donors (Lipinski definition) is 0. The summed E-state index contributed by atoms with van der Waals surface area (Å²) in [6.45, 7) is 0. The molecule has 3 rings (SSSR count). The molecule has 0 bridgehead atoms. The SMILES string of the molecule is COC1CCC(OC(=O)C2CCC(C3CCCC3)CC2)C(F)C1. The highest BCUT2D eigenvalue weighted by molar-refractivity contribution is 5.72. The number of halogens is 1. The van der Waals surface area contributed by atoms with Crippen molar-refractivity contribution in [1.29, 1.82) is 0 Å². The number of carbonyl (C=O) groups excluding carboxylic acids is 1. The summed E-state index contributed by atoms with van der Waals surface area (Å²) in [5.74, 6) is 1.55. The average Bonchev–Trinajstić information content (AvgIpc) is 3.11. The van der Waals surface area contributed by atoms with Gasteiger partial charge in [-0.2, -0.15) is 0 Å². The van der Waals surface area contributed by atoms with Crippen LogP contribution in [0.3, 0.4) is 0 Å². The van der Waals surface area contributed by atoms with E-state index in [0.29, 0.717) is 12.8 Å². The van der Waals surface area contributed by atoms with Gasteiger partial charge in [-0.3, -0.25) is 4.79 Å². The molecule has 3 aliphatic rings. The summed E-state index contributed by atoms with van der Waals surface area (Å²) in [7, 11) is 1.62. The lowest BCUT2D eigenvalue weighted by Gasteiger charge is -2.34. The molecular weight excluding hydrogens is 295 g/mol. The fraction of sp³-hybridized carbons (Fsp3) is 0.947. The molecule has 3 fully saturated rings. The van der Waals surface area contributed by atoms with Crippen LogP contribution in [-0.2, 0) is 14.3 Å². The lowest BCUT2D eigenvalue weighted by molar-refractivity contribution is -0.163. The molecule has 3 saturated carbocycles. The maximum absolute atomic E-state index is 14.1. The zero-order chi connectivity index (χ0) is 16.2. The lowest BCUT2D eigenvalue weighted by Crippen LogP contribution is -2.39. The fourth-order valence-electron chi connectivity index (χ4n) is 4.90. The number of rotatable bonds is 4. The van der Waals surface area contributed by atoms with Gasteiger partial charge in [-0.25, -0.2) is 4.39 Å². The van der Waals surface area contributed by atoms with Crippen molar-refractivity contribution >= 4 is 5.97 Å². The van der Waals surface area contributed by atoms with Gasteiger partial charge in [-0.05, 0) is 50.4 Å². The number of alkyl halides is 1. The van der Waals surface area contributed by atoms with Crippen molar-refractivity contribution < 1.29 is 18.7 Å². The van der Waals surface area contributed by atoms with Crippen molar-refractivity contribution in [3.63, 3.8) is 0 Å². The van der Waals surface area contributed by atoms with Gasteiger partial charge in [0.05, 0.1) is 12.0 Å². The van der Waals surface area contributed by atoms with Gasteiger partial charge in [-0.1, -0.05) is 25.7 Å². The van der Waals surface area contributed by atoms with Gasteiger partial charge in [0.25, 0.3) is 0 Å². The molecule has 4 heteroatoms. The summed E-state index contributed by atoms with van der Waals surface area (Å²) in [4.78, 5) is 12.4. The van der Waals surface area contributed by atoms with E-state index in [9.17, 15) is 9.18 Å². The maximum atomic E-state index is 14.1. The number of esters is 1. The van der Waals surface area contributed by atoms with E-state index in [1.807, 2.05) is 0 Å². The zero-order valence-corrected chi connectivity index (χ0v) is 14.3. The average molecular weight is 326 g/mol. The Bertz CT molecular complexity index is 386. The highest BCUT2D eigenvalue weighted by Gasteiger charge is 2.37. The monoisotopic (exact) mass is 326 g/mol. The minimum Gasteiger partial charge on any atom is -0.459 e. The molecule has 0 aromatic rings. The van der Waals surface area contributed by atoms with Crippen LogP contribution >= 0.6 is 0 Å². The minimum atomic E-state index is -1.08. The van der Waals surface area contributed by atoms with Gasteiger partial charge >= 0.3 is 5.97 Å². The smallest absolute Gasteiger partial charge is 0.309 e. The number of hydrogen-bond acceptors (Lipinski definition) is 3. The second kappa shape index (κ2) is 7.96. The Balaban J connectivity index is 1.42. The van der Waals surface area contributed by atoms with Gasteiger partial charge in [0, 0.05) is 13.5 Å². The Morgan fingerprint density at radius 2 is 1.57 bits per heavy atom. The van der Waals surface area contributed by atoms with Crippen LogP contribution in [0.25, 0.3) is 0 Å². The van der Waals surface area contributed by atoms with E-state index in [1.165, 1.54) is 25.7 Å². The summed E-state index contributed by atoms with van der Waals surface area (Å²) < 4.78 is 24.9.